The van der Waals surface area contributed by atoms with E-state index in [1.165, 1.54) is 0 Å². The summed E-state index contributed by atoms with van der Waals surface area (Å²) in [6.07, 6.45) is 0.857. The summed E-state index contributed by atoms with van der Waals surface area (Å²) in [6, 6.07) is 0. The Kier molecular flexibility index (Phi) is 4.08. The van der Waals surface area contributed by atoms with Gasteiger partial charge in [-0.05, 0) is 26.7 Å². The van der Waals surface area contributed by atoms with Crippen molar-refractivity contribution in [3.8, 4) is 0 Å². The molecule has 0 radical (unpaired) electrons. The van der Waals surface area contributed by atoms with Crippen LogP contribution in [0.4, 0.5) is 19.0 Å². The van der Waals surface area contributed by atoms with Crippen molar-refractivity contribution in [3.63, 3.8) is 0 Å². The summed E-state index contributed by atoms with van der Waals surface area (Å²) in [5, 5.41) is 11.3. The number of anilines is 1. The van der Waals surface area contributed by atoms with Gasteiger partial charge in [0.05, 0.1) is 0 Å². The minimum atomic E-state index is -4.60. The first kappa shape index (κ1) is 17.7. The Morgan fingerprint density at radius 1 is 1.07 bits per heavy atom. The molecule has 0 saturated carbocycles. The number of aryl methyl sites for hydroxylation is 2. The van der Waals surface area contributed by atoms with E-state index in [0.29, 0.717) is 30.4 Å². The van der Waals surface area contributed by atoms with Crippen molar-refractivity contribution in [1.82, 2.24) is 29.4 Å². The largest absolute Gasteiger partial charge is 0.453 e. The smallest absolute Gasteiger partial charge is 0.355 e. The Hall–Kier alpha value is -2.65. The van der Waals surface area contributed by atoms with Gasteiger partial charge < -0.3 is 9.47 Å². The first-order valence-electron chi connectivity index (χ1n) is 8.79. The molecule has 10 heteroatoms. The molecule has 4 heterocycles. The molecule has 0 spiro atoms. The minimum absolute atomic E-state index is 0.145. The van der Waals surface area contributed by atoms with Crippen molar-refractivity contribution >= 4 is 11.5 Å². The normalized spacial score (nSPS) is 16.4. The molecule has 0 N–H and O–H groups in total. The van der Waals surface area contributed by atoms with E-state index in [0.717, 1.165) is 28.7 Å². The van der Waals surface area contributed by atoms with Crippen LogP contribution in [-0.4, -0.2) is 42.5 Å². The van der Waals surface area contributed by atoms with Crippen LogP contribution < -0.4 is 4.90 Å². The monoisotopic (exact) mass is 379 g/mol. The van der Waals surface area contributed by atoms with Crippen molar-refractivity contribution < 1.29 is 13.2 Å². The molecule has 0 atom stereocenters. The summed E-state index contributed by atoms with van der Waals surface area (Å²) in [5.41, 5.74) is 1.64. The summed E-state index contributed by atoms with van der Waals surface area (Å²) >= 11 is 0. The zero-order chi connectivity index (χ0) is 19.3. The number of piperidine rings is 1. The molecular formula is C17H20F3N7. The molecule has 3 aromatic rings. The summed E-state index contributed by atoms with van der Waals surface area (Å²) < 4.78 is 42.5. The van der Waals surface area contributed by atoms with Gasteiger partial charge in [-0.25, -0.2) is 4.98 Å². The van der Waals surface area contributed by atoms with Gasteiger partial charge in [0.2, 0.25) is 0 Å². The third-order valence-corrected chi connectivity index (χ3v) is 5.34. The van der Waals surface area contributed by atoms with E-state index >= 15 is 0 Å². The third kappa shape index (κ3) is 2.92. The van der Waals surface area contributed by atoms with Crippen LogP contribution in [0.15, 0.2) is 12.4 Å². The standard InChI is InChI=1S/C17H20F3N7/c1-10-11(2)14(24-27-13(10)22-23-16(27)17(18,19)20)26-7-4-12(5-8-26)15-21-6-9-25(15)3/h6,9,12H,4-5,7-8H2,1-3H3. The molecule has 7 nitrogen and oxygen atoms in total. The zero-order valence-corrected chi connectivity index (χ0v) is 15.3. The van der Waals surface area contributed by atoms with Crippen LogP contribution in [0.2, 0.25) is 0 Å². The number of nitrogens with zero attached hydrogens (tertiary/aromatic N) is 7. The highest BCUT2D eigenvalue weighted by Gasteiger charge is 2.38. The van der Waals surface area contributed by atoms with E-state index in [2.05, 4.69) is 20.3 Å². The summed E-state index contributed by atoms with van der Waals surface area (Å²) in [5.74, 6) is 0.851. The Morgan fingerprint density at radius 3 is 2.37 bits per heavy atom. The van der Waals surface area contributed by atoms with Gasteiger partial charge in [-0.1, -0.05) is 0 Å². The Balaban J connectivity index is 1.66. The number of imidazole rings is 1. The Bertz CT molecular complexity index is 980. The van der Waals surface area contributed by atoms with Gasteiger partial charge in [0.25, 0.3) is 5.82 Å². The van der Waals surface area contributed by atoms with Crippen molar-refractivity contribution in [2.24, 2.45) is 7.05 Å². The average molecular weight is 379 g/mol. The first-order chi connectivity index (χ1) is 12.8. The molecule has 0 bridgehead atoms. The van der Waals surface area contributed by atoms with E-state index < -0.39 is 12.0 Å². The number of alkyl halides is 3. The van der Waals surface area contributed by atoms with E-state index in [1.807, 2.05) is 29.6 Å². The predicted molar refractivity (Wildman–Crippen MR) is 92.7 cm³/mol. The molecule has 1 aliphatic rings. The van der Waals surface area contributed by atoms with Crippen molar-refractivity contribution in [2.75, 3.05) is 18.0 Å². The molecule has 0 aromatic carbocycles. The lowest BCUT2D eigenvalue weighted by Crippen LogP contribution is -2.35. The van der Waals surface area contributed by atoms with Crippen molar-refractivity contribution in [2.45, 2.75) is 38.8 Å². The number of rotatable bonds is 2. The van der Waals surface area contributed by atoms with Gasteiger partial charge in [0, 0.05) is 49.6 Å². The lowest BCUT2D eigenvalue weighted by atomic mass is 9.95. The van der Waals surface area contributed by atoms with Crippen LogP contribution in [0.25, 0.3) is 5.65 Å². The SMILES string of the molecule is Cc1c(N2CCC(c3nccn3C)CC2)nn2c(C(F)(F)F)nnc2c1C. The molecule has 144 valence electrons. The predicted octanol–water partition coefficient (Wildman–Crippen LogP) is 2.88. The molecular weight excluding hydrogens is 359 g/mol. The summed E-state index contributed by atoms with van der Waals surface area (Å²) in [4.78, 5) is 6.47. The number of hydrogen-bond donors (Lipinski definition) is 0. The average Bonchev–Trinajstić information content (AvgIpc) is 3.24. The summed E-state index contributed by atoms with van der Waals surface area (Å²) in [6.45, 7) is 5.04. The van der Waals surface area contributed by atoms with Crippen LogP contribution in [0, 0.1) is 13.8 Å². The highest BCUT2D eigenvalue weighted by Crippen LogP contribution is 2.33. The van der Waals surface area contributed by atoms with Crippen LogP contribution in [0.1, 0.15) is 41.5 Å². The second-order valence-corrected chi connectivity index (χ2v) is 6.99. The molecule has 3 aromatic heterocycles. The third-order valence-electron chi connectivity index (χ3n) is 5.34. The lowest BCUT2D eigenvalue weighted by molar-refractivity contribution is -0.146. The maximum Gasteiger partial charge on any atom is 0.453 e. The zero-order valence-electron chi connectivity index (χ0n) is 15.3. The fraction of sp³-hybridized carbons (Fsp3) is 0.529. The number of halogens is 3. The molecule has 27 heavy (non-hydrogen) atoms. The minimum Gasteiger partial charge on any atom is -0.355 e. The highest BCUT2D eigenvalue weighted by molar-refractivity contribution is 5.59. The maximum absolute atomic E-state index is 13.2. The quantitative estimate of drug-likeness (QED) is 0.685. The van der Waals surface area contributed by atoms with Crippen molar-refractivity contribution in [3.05, 3.63) is 35.2 Å². The second kappa shape index (κ2) is 6.21. The Labute approximate surface area is 153 Å². The first-order valence-corrected chi connectivity index (χ1v) is 8.79. The summed E-state index contributed by atoms with van der Waals surface area (Å²) in [7, 11) is 1.97. The highest BCUT2D eigenvalue weighted by atomic mass is 19.4. The topological polar surface area (TPSA) is 64.1 Å². The molecule has 1 aliphatic heterocycles. The fourth-order valence-electron chi connectivity index (χ4n) is 3.71. The molecule has 1 fully saturated rings. The van der Waals surface area contributed by atoms with E-state index in [-0.39, 0.29) is 5.65 Å². The maximum atomic E-state index is 13.2. The van der Waals surface area contributed by atoms with Gasteiger partial charge in [-0.3, -0.25) is 0 Å². The van der Waals surface area contributed by atoms with E-state index in [1.54, 1.807) is 13.1 Å². The van der Waals surface area contributed by atoms with Crippen LogP contribution in [-0.2, 0) is 13.2 Å². The van der Waals surface area contributed by atoms with Gasteiger partial charge in [-0.15, -0.1) is 15.3 Å². The van der Waals surface area contributed by atoms with Crippen LogP contribution >= 0.6 is 0 Å². The molecule has 0 unspecified atom stereocenters. The fourth-order valence-corrected chi connectivity index (χ4v) is 3.71. The number of hydrogen-bond acceptors (Lipinski definition) is 5. The van der Waals surface area contributed by atoms with Gasteiger partial charge >= 0.3 is 6.18 Å². The lowest BCUT2D eigenvalue weighted by Gasteiger charge is -2.33. The van der Waals surface area contributed by atoms with Crippen LogP contribution in [0.3, 0.4) is 0 Å². The van der Waals surface area contributed by atoms with Gasteiger partial charge in [0.15, 0.2) is 11.5 Å². The van der Waals surface area contributed by atoms with Crippen molar-refractivity contribution in [1.29, 1.82) is 0 Å². The van der Waals surface area contributed by atoms with Crippen LogP contribution in [0.5, 0.6) is 0 Å². The van der Waals surface area contributed by atoms with Gasteiger partial charge in [-0.2, -0.15) is 17.7 Å². The number of fused-ring (bicyclic) bond motifs is 1. The molecule has 4 rings (SSSR count). The second-order valence-electron chi connectivity index (χ2n) is 6.99. The van der Waals surface area contributed by atoms with E-state index in [9.17, 15) is 13.2 Å². The number of aromatic nitrogens is 6. The van der Waals surface area contributed by atoms with Gasteiger partial charge in [0.1, 0.15) is 5.82 Å². The van der Waals surface area contributed by atoms with E-state index in [4.69, 9.17) is 0 Å². The molecule has 0 aliphatic carbocycles. The molecule has 1 saturated heterocycles. The Morgan fingerprint density at radius 2 is 1.78 bits per heavy atom. The molecule has 0 amide bonds.